The van der Waals surface area contributed by atoms with Gasteiger partial charge in [0.15, 0.2) is 0 Å². The smallest absolute Gasteiger partial charge is 0.305 e. The quantitative estimate of drug-likeness (QED) is 0.882. The van der Waals surface area contributed by atoms with Crippen LogP contribution < -0.4 is 5.73 Å². The largest absolute Gasteiger partial charge is 0.481 e. The number of carboxylic acid groups (broad SMARTS) is 1. The van der Waals surface area contributed by atoms with E-state index in [0.717, 1.165) is 16.7 Å². The Balaban J connectivity index is 2.28. The molecule has 98 valence electrons. The maximum atomic E-state index is 10.7. The Morgan fingerprint density at radius 2 is 1.84 bits per heavy atom. The van der Waals surface area contributed by atoms with E-state index in [4.69, 9.17) is 10.8 Å². The highest BCUT2D eigenvalue weighted by atomic mass is 16.4. The Morgan fingerprint density at radius 3 is 2.47 bits per heavy atom. The van der Waals surface area contributed by atoms with Crippen molar-refractivity contribution < 1.29 is 9.90 Å². The fourth-order valence-electron chi connectivity index (χ4n) is 2.00. The summed E-state index contributed by atoms with van der Waals surface area (Å²) in [5.74, 6) is -0.881. The molecule has 0 bridgehead atoms. The Labute approximate surface area is 112 Å². The molecule has 0 amide bonds. The molecular formula is C16H17NO2. The maximum Gasteiger partial charge on any atom is 0.305 e. The number of carboxylic acids is 1. The summed E-state index contributed by atoms with van der Waals surface area (Å²) in [5, 5.41) is 8.78. The molecule has 3 N–H and O–H groups in total. The van der Waals surface area contributed by atoms with Crippen molar-refractivity contribution in [2.45, 2.75) is 19.4 Å². The summed E-state index contributed by atoms with van der Waals surface area (Å²) >= 11 is 0. The summed E-state index contributed by atoms with van der Waals surface area (Å²) in [5.41, 5.74) is 10.1. The van der Waals surface area contributed by atoms with Gasteiger partial charge in [0.1, 0.15) is 0 Å². The van der Waals surface area contributed by atoms with Gasteiger partial charge in [0.2, 0.25) is 0 Å². The molecule has 0 heterocycles. The molecule has 0 aliphatic rings. The molecule has 0 saturated heterocycles. The molecular weight excluding hydrogens is 238 g/mol. The monoisotopic (exact) mass is 255 g/mol. The van der Waals surface area contributed by atoms with Gasteiger partial charge in [0.05, 0.1) is 6.42 Å². The lowest BCUT2D eigenvalue weighted by molar-refractivity contribution is -0.137. The van der Waals surface area contributed by atoms with E-state index in [2.05, 4.69) is 24.3 Å². The molecule has 0 aromatic heterocycles. The number of nitrogens with two attached hydrogens (primary N) is 1. The summed E-state index contributed by atoms with van der Waals surface area (Å²) in [4.78, 5) is 10.7. The maximum absolute atomic E-state index is 10.7. The molecule has 0 aliphatic carbocycles. The molecule has 0 radical (unpaired) electrons. The first-order chi connectivity index (χ1) is 9.06. The number of hydrogen-bond acceptors (Lipinski definition) is 2. The molecule has 1 atom stereocenters. The van der Waals surface area contributed by atoms with E-state index in [0.29, 0.717) is 0 Å². The molecule has 2 aromatic rings. The van der Waals surface area contributed by atoms with Crippen LogP contribution in [0.1, 0.15) is 23.6 Å². The van der Waals surface area contributed by atoms with Crippen molar-refractivity contribution in [3.05, 3.63) is 59.7 Å². The second-order valence-corrected chi connectivity index (χ2v) is 4.70. The second kappa shape index (κ2) is 5.67. The zero-order chi connectivity index (χ0) is 13.8. The van der Waals surface area contributed by atoms with Crippen molar-refractivity contribution in [1.82, 2.24) is 0 Å². The van der Waals surface area contributed by atoms with Crippen molar-refractivity contribution in [2.75, 3.05) is 0 Å². The Hall–Kier alpha value is -2.13. The predicted molar refractivity (Wildman–Crippen MR) is 75.8 cm³/mol. The van der Waals surface area contributed by atoms with Crippen LogP contribution in [0.2, 0.25) is 0 Å². The van der Waals surface area contributed by atoms with Crippen LogP contribution in [0.4, 0.5) is 0 Å². The van der Waals surface area contributed by atoms with Crippen LogP contribution in [0, 0.1) is 6.92 Å². The highest BCUT2D eigenvalue weighted by Gasteiger charge is 2.11. The zero-order valence-corrected chi connectivity index (χ0v) is 10.8. The van der Waals surface area contributed by atoms with Gasteiger partial charge in [0, 0.05) is 6.04 Å². The van der Waals surface area contributed by atoms with Crippen molar-refractivity contribution in [3.8, 4) is 11.1 Å². The lowest BCUT2D eigenvalue weighted by Gasteiger charge is -2.11. The summed E-state index contributed by atoms with van der Waals surface area (Å²) in [6.07, 6.45) is -0.0582. The SMILES string of the molecule is Cc1ccc(-c2cccc([C@@H](N)CC(=O)O)c2)cc1. The van der Waals surface area contributed by atoms with E-state index in [-0.39, 0.29) is 6.42 Å². The van der Waals surface area contributed by atoms with Crippen LogP contribution >= 0.6 is 0 Å². The minimum absolute atomic E-state index is 0.0582. The van der Waals surface area contributed by atoms with Crippen LogP contribution in [-0.2, 0) is 4.79 Å². The fraction of sp³-hybridized carbons (Fsp3) is 0.188. The van der Waals surface area contributed by atoms with E-state index < -0.39 is 12.0 Å². The molecule has 0 saturated carbocycles. The molecule has 2 aromatic carbocycles. The standard InChI is InChI=1S/C16H17NO2/c1-11-5-7-12(8-6-11)13-3-2-4-14(9-13)15(17)10-16(18)19/h2-9,15H,10,17H2,1H3,(H,18,19)/t15-/m0/s1. The summed E-state index contributed by atoms with van der Waals surface area (Å²) in [7, 11) is 0. The lowest BCUT2D eigenvalue weighted by atomic mass is 9.98. The van der Waals surface area contributed by atoms with Gasteiger partial charge in [0.25, 0.3) is 0 Å². The number of aliphatic carboxylic acids is 1. The predicted octanol–water partition coefficient (Wildman–Crippen LogP) is 3.14. The third-order valence-corrected chi connectivity index (χ3v) is 3.09. The third kappa shape index (κ3) is 3.42. The molecule has 19 heavy (non-hydrogen) atoms. The lowest BCUT2D eigenvalue weighted by Crippen LogP contribution is -2.14. The van der Waals surface area contributed by atoms with E-state index in [9.17, 15) is 4.79 Å². The van der Waals surface area contributed by atoms with E-state index >= 15 is 0 Å². The van der Waals surface area contributed by atoms with Crippen molar-refractivity contribution in [1.29, 1.82) is 0 Å². The molecule has 0 aliphatic heterocycles. The third-order valence-electron chi connectivity index (χ3n) is 3.09. The second-order valence-electron chi connectivity index (χ2n) is 4.70. The molecule has 2 rings (SSSR count). The van der Waals surface area contributed by atoms with Gasteiger partial charge in [-0.25, -0.2) is 0 Å². The average molecular weight is 255 g/mol. The molecule has 0 unspecified atom stereocenters. The van der Waals surface area contributed by atoms with Crippen molar-refractivity contribution in [3.63, 3.8) is 0 Å². The van der Waals surface area contributed by atoms with Gasteiger partial charge in [-0.3, -0.25) is 4.79 Å². The van der Waals surface area contributed by atoms with Gasteiger partial charge in [-0.2, -0.15) is 0 Å². The number of aryl methyl sites for hydroxylation is 1. The van der Waals surface area contributed by atoms with Crippen LogP contribution in [0.3, 0.4) is 0 Å². The summed E-state index contributed by atoms with van der Waals surface area (Å²) < 4.78 is 0. The first-order valence-corrected chi connectivity index (χ1v) is 6.20. The number of benzene rings is 2. The fourth-order valence-corrected chi connectivity index (χ4v) is 2.00. The van der Waals surface area contributed by atoms with Crippen LogP contribution in [0.5, 0.6) is 0 Å². The molecule has 0 fully saturated rings. The Morgan fingerprint density at radius 1 is 1.16 bits per heavy atom. The van der Waals surface area contributed by atoms with E-state index in [1.807, 2.05) is 31.2 Å². The van der Waals surface area contributed by atoms with Gasteiger partial charge < -0.3 is 10.8 Å². The highest BCUT2D eigenvalue weighted by molar-refractivity contribution is 5.69. The van der Waals surface area contributed by atoms with E-state index in [1.54, 1.807) is 0 Å². The number of hydrogen-bond donors (Lipinski definition) is 2. The Bertz CT molecular complexity index is 576. The zero-order valence-electron chi connectivity index (χ0n) is 10.8. The summed E-state index contributed by atoms with van der Waals surface area (Å²) in [6.45, 7) is 2.04. The van der Waals surface area contributed by atoms with Crippen molar-refractivity contribution >= 4 is 5.97 Å². The number of carbonyl (C=O) groups is 1. The first-order valence-electron chi connectivity index (χ1n) is 6.20. The minimum atomic E-state index is -0.881. The molecule has 3 nitrogen and oxygen atoms in total. The average Bonchev–Trinajstić information content (AvgIpc) is 2.39. The molecule has 3 heteroatoms. The van der Waals surface area contributed by atoms with Crippen LogP contribution in [0.15, 0.2) is 48.5 Å². The van der Waals surface area contributed by atoms with Gasteiger partial charge >= 0.3 is 5.97 Å². The number of rotatable bonds is 4. The highest BCUT2D eigenvalue weighted by Crippen LogP contribution is 2.24. The topological polar surface area (TPSA) is 63.3 Å². The van der Waals surface area contributed by atoms with E-state index in [1.165, 1.54) is 5.56 Å². The minimum Gasteiger partial charge on any atom is -0.481 e. The summed E-state index contributed by atoms with van der Waals surface area (Å²) in [6, 6.07) is 15.5. The Kier molecular flexibility index (Phi) is 3.97. The van der Waals surface area contributed by atoms with Gasteiger partial charge in [-0.1, -0.05) is 48.0 Å². The van der Waals surface area contributed by atoms with Gasteiger partial charge in [-0.05, 0) is 29.7 Å². The van der Waals surface area contributed by atoms with Crippen LogP contribution in [-0.4, -0.2) is 11.1 Å². The first kappa shape index (κ1) is 13.3. The van der Waals surface area contributed by atoms with Crippen molar-refractivity contribution in [2.24, 2.45) is 5.73 Å². The van der Waals surface area contributed by atoms with Gasteiger partial charge in [-0.15, -0.1) is 0 Å². The van der Waals surface area contributed by atoms with Crippen LogP contribution in [0.25, 0.3) is 11.1 Å². The normalized spacial score (nSPS) is 12.1. The molecule has 0 spiro atoms.